The second kappa shape index (κ2) is 4.93. The molecule has 0 saturated carbocycles. The molecule has 0 aliphatic carbocycles. The summed E-state index contributed by atoms with van der Waals surface area (Å²) < 4.78 is 0. The van der Waals surface area contributed by atoms with Crippen molar-refractivity contribution in [2.45, 2.75) is 6.92 Å². The van der Waals surface area contributed by atoms with Gasteiger partial charge in [-0.25, -0.2) is 16.1 Å². The van der Waals surface area contributed by atoms with Crippen LogP contribution in [-0.4, -0.2) is 16.7 Å². The molecule has 1 heterocycles. The van der Waals surface area contributed by atoms with Crippen LogP contribution in [0.5, 0.6) is 0 Å². The Bertz CT molecular complexity index is 335. The van der Waals surface area contributed by atoms with Gasteiger partial charge in [0.1, 0.15) is 0 Å². The molecule has 0 radical (unpaired) electrons. The molecule has 0 aromatic carbocycles. The van der Waals surface area contributed by atoms with E-state index in [0.29, 0.717) is 11.4 Å². The van der Waals surface area contributed by atoms with Crippen molar-refractivity contribution in [3.63, 3.8) is 0 Å². The van der Waals surface area contributed by atoms with Gasteiger partial charge in [-0.1, -0.05) is 6.07 Å². The number of hydrazone groups is 1. The zero-order chi connectivity index (χ0) is 10.4. The predicted molar refractivity (Wildman–Crippen MR) is 52.3 cm³/mol. The van der Waals surface area contributed by atoms with Gasteiger partial charge in [0.25, 0.3) is 0 Å². The topological polar surface area (TPSA) is 92.4 Å². The van der Waals surface area contributed by atoms with E-state index in [1.807, 2.05) is 11.5 Å². The first-order chi connectivity index (χ1) is 6.74. The molecule has 0 bridgehead atoms. The number of urea groups is 1. The number of nitrogens with one attached hydrogen (secondary N) is 2. The van der Waals surface area contributed by atoms with Crippen LogP contribution in [0.4, 0.5) is 4.79 Å². The van der Waals surface area contributed by atoms with Crippen LogP contribution in [-0.2, 0) is 0 Å². The van der Waals surface area contributed by atoms with Crippen LogP contribution in [0.15, 0.2) is 29.5 Å². The molecular formula is C8H11N5O. The number of hydrazine groups is 1. The first-order valence-corrected chi connectivity index (χ1v) is 3.96. The van der Waals surface area contributed by atoms with Crippen LogP contribution in [0.2, 0.25) is 0 Å². The zero-order valence-corrected chi connectivity index (χ0v) is 7.69. The lowest BCUT2D eigenvalue weighted by Gasteiger charge is -2.00. The normalized spacial score (nSPS) is 10.9. The second-order valence-electron chi connectivity index (χ2n) is 2.50. The number of hydrogen-bond donors (Lipinski definition) is 3. The quantitative estimate of drug-likeness (QED) is 0.267. The van der Waals surface area contributed by atoms with Crippen molar-refractivity contribution < 1.29 is 4.79 Å². The molecule has 0 fully saturated rings. The fraction of sp³-hybridized carbons (Fsp3) is 0.125. The largest absolute Gasteiger partial charge is 0.349 e. The van der Waals surface area contributed by atoms with E-state index in [0.717, 1.165) is 0 Å². The van der Waals surface area contributed by atoms with Gasteiger partial charge in [0.05, 0.1) is 11.4 Å². The van der Waals surface area contributed by atoms with Crippen molar-refractivity contribution in [3.05, 3.63) is 30.1 Å². The lowest BCUT2D eigenvalue weighted by molar-refractivity contribution is 0.241. The lowest BCUT2D eigenvalue weighted by atomic mass is 10.3. The number of carbonyl (C=O) groups excluding carboxylic acids is 1. The number of nitrogens with zero attached hydrogens (tertiary/aromatic N) is 2. The average molecular weight is 193 g/mol. The molecule has 14 heavy (non-hydrogen) atoms. The van der Waals surface area contributed by atoms with Crippen LogP contribution < -0.4 is 16.7 Å². The minimum Gasteiger partial charge on any atom is -0.274 e. The fourth-order valence-electron chi connectivity index (χ4n) is 0.801. The number of nitrogens with two attached hydrogens (primary N) is 1. The van der Waals surface area contributed by atoms with E-state index in [1.165, 1.54) is 0 Å². The highest BCUT2D eigenvalue weighted by Crippen LogP contribution is 1.94. The van der Waals surface area contributed by atoms with Gasteiger partial charge in [-0.3, -0.25) is 10.4 Å². The average Bonchev–Trinajstić information content (AvgIpc) is 2.26. The molecule has 74 valence electrons. The van der Waals surface area contributed by atoms with Crippen molar-refractivity contribution >= 4 is 11.7 Å². The minimum atomic E-state index is -0.569. The maximum absolute atomic E-state index is 10.7. The summed E-state index contributed by atoms with van der Waals surface area (Å²) in [5.74, 6) is 4.85. The Balaban J connectivity index is 2.66. The van der Waals surface area contributed by atoms with Gasteiger partial charge in [-0.2, -0.15) is 5.10 Å². The Kier molecular flexibility index (Phi) is 3.57. The van der Waals surface area contributed by atoms with E-state index in [9.17, 15) is 4.79 Å². The Morgan fingerprint density at radius 2 is 2.36 bits per heavy atom. The third-order valence-electron chi connectivity index (χ3n) is 1.49. The predicted octanol–water partition coefficient (Wildman–Crippen LogP) is -0.0215. The summed E-state index contributed by atoms with van der Waals surface area (Å²) in [5, 5.41) is 3.78. The third kappa shape index (κ3) is 2.83. The third-order valence-corrected chi connectivity index (χ3v) is 1.49. The summed E-state index contributed by atoms with van der Waals surface area (Å²) in [6.45, 7) is 1.74. The molecule has 6 nitrogen and oxygen atoms in total. The second-order valence-corrected chi connectivity index (χ2v) is 2.50. The van der Waals surface area contributed by atoms with Crippen molar-refractivity contribution in [2.24, 2.45) is 10.9 Å². The molecule has 1 aromatic heterocycles. The number of hydrogen-bond acceptors (Lipinski definition) is 4. The van der Waals surface area contributed by atoms with Gasteiger partial charge < -0.3 is 0 Å². The molecule has 0 unspecified atom stereocenters. The highest BCUT2D eigenvalue weighted by molar-refractivity contribution is 5.97. The summed E-state index contributed by atoms with van der Waals surface area (Å²) in [7, 11) is 0. The summed E-state index contributed by atoms with van der Waals surface area (Å²) in [6, 6.07) is 4.86. The Labute approximate surface area is 81.2 Å². The smallest absolute Gasteiger partial charge is 0.274 e. The highest BCUT2D eigenvalue weighted by Gasteiger charge is 1.98. The van der Waals surface area contributed by atoms with Gasteiger partial charge in [-0.15, -0.1) is 0 Å². The van der Waals surface area contributed by atoms with Gasteiger partial charge in [-0.05, 0) is 19.1 Å². The maximum Gasteiger partial charge on any atom is 0.349 e. The van der Waals surface area contributed by atoms with Crippen molar-refractivity contribution in [3.8, 4) is 0 Å². The van der Waals surface area contributed by atoms with E-state index < -0.39 is 6.03 Å². The van der Waals surface area contributed by atoms with Crippen LogP contribution in [0.3, 0.4) is 0 Å². The molecule has 1 rings (SSSR count). The number of carbonyl (C=O) groups is 1. The Morgan fingerprint density at radius 3 is 2.93 bits per heavy atom. The van der Waals surface area contributed by atoms with E-state index >= 15 is 0 Å². The van der Waals surface area contributed by atoms with E-state index in [-0.39, 0.29) is 0 Å². The first kappa shape index (κ1) is 10.1. The van der Waals surface area contributed by atoms with Gasteiger partial charge in [0, 0.05) is 6.20 Å². The molecule has 2 amide bonds. The SMILES string of the molecule is C/C(=N/NC(=O)NN)c1ccccn1. The molecule has 0 spiro atoms. The fourth-order valence-corrected chi connectivity index (χ4v) is 0.801. The molecule has 1 aromatic rings. The number of rotatable bonds is 2. The van der Waals surface area contributed by atoms with Crippen LogP contribution in [0, 0.1) is 0 Å². The number of pyridine rings is 1. The number of aromatic nitrogens is 1. The van der Waals surface area contributed by atoms with Gasteiger partial charge in [0.2, 0.25) is 0 Å². The Morgan fingerprint density at radius 1 is 1.57 bits per heavy atom. The molecule has 0 atom stereocenters. The summed E-state index contributed by atoms with van der Waals surface area (Å²) in [5.41, 5.74) is 5.40. The molecule has 6 heteroatoms. The Hall–Kier alpha value is -1.95. The standard InChI is InChI=1S/C8H11N5O/c1-6(12-13-8(14)11-9)7-4-2-3-5-10-7/h2-5H,9H2,1H3,(H2,11,13,14)/b12-6-. The maximum atomic E-state index is 10.7. The van der Waals surface area contributed by atoms with Crippen LogP contribution in [0.25, 0.3) is 0 Å². The van der Waals surface area contributed by atoms with Crippen LogP contribution >= 0.6 is 0 Å². The molecular weight excluding hydrogens is 182 g/mol. The summed E-state index contributed by atoms with van der Waals surface area (Å²) >= 11 is 0. The van der Waals surface area contributed by atoms with Crippen molar-refractivity contribution in [2.75, 3.05) is 0 Å². The monoisotopic (exact) mass is 193 g/mol. The highest BCUT2D eigenvalue weighted by atomic mass is 16.2. The van der Waals surface area contributed by atoms with E-state index in [4.69, 9.17) is 5.84 Å². The lowest BCUT2D eigenvalue weighted by Crippen LogP contribution is -2.37. The van der Waals surface area contributed by atoms with Crippen LogP contribution in [0.1, 0.15) is 12.6 Å². The first-order valence-electron chi connectivity index (χ1n) is 3.96. The number of amides is 2. The molecule has 4 N–H and O–H groups in total. The molecule has 0 aliphatic heterocycles. The minimum absolute atomic E-state index is 0.569. The zero-order valence-electron chi connectivity index (χ0n) is 7.69. The van der Waals surface area contributed by atoms with Gasteiger partial charge in [0.15, 0.2) is 0 Å². The molecule has 0 saturated heterocycles. The van der Waals surface area contributed by atoms with Crippen molar-refractivity contribution in [1.82, 2.24) is 15.8 Å². The molecule has 0 aliphatic rings. The van der Waals surface area contributed by atoms with E-state index in [1.54, 1.807) is 25.3 Å². The summed E-state index contributed by atoms with van der Waals surface area (Å²) in [4.78, 5) is 14.7. The van der Waals surface area contributed by atoms with Crippen molar-refractivity contribution in [1.29, 1.82) is 0 Å². The van der Waals surface area contributed by atoms with Gasteiger partial charge >= 0.3 is 6.03 Å². The van der Waals surface area contributed by atoms with E-state index in [2.05, 4.69) is 15.5 Å². The summed E-state index contributed by atoms with van der Waals surface area (Å²) in [6.07, 6.45) is 1.65.